The molecule has 0 saturated heterocycles. The maximum Gasteiger partial charge on any atom is 0.337 e. The van der Waals surface area contributed by atoms with Crippen molar-refractivity contribution in [2.24, 2.45) is 0 Å². The highest BCUT2D eigenvalue weighted by Crippen LogP contribution is 2.10. The number of hydrogen-bond acceptors (Lipinski definition) is 4. The van der Waals surface area contributed by atoms with Crippen molar-refractivity contribution in [2.75, 3.05) is 13.7 Å². The largest absolute Gasteiger partial charge is 0.465 e. The van der Waals surface area contributed by atoms with Gasteiger partial charge in [0.2, 0.25) is 0 Å². The van der Waals surface area contributed by atoms with Crippen LogP contribution in [0, 0.1) is 0 Å². The number of nitrogens with zero attached hydrogens (tertiary/aromatic N) is 2. The summed E-state index contributed by atoms with van der Waals surface area (Å²) >= 11 is 0. The Bertz CT molecular complexity index is 567. The van der Waals surface area contributed by atoms with Crippen molar-refractivity contribution in [3.8, 4) is 0 Å². The second kappa shape index (κ2) is 7.55. The first kappa shape index (κ1) is 15.2. The molecule has 110 valence electrons. The zero-order chi connectivity index (χ0) is 15.1. The molecular weight excluding hydrogens is 264 g/mol. The van der Waals surface area contributed by atoms with Gasteiger partial charge in [0, 0.05) is 19.3 Å². The standard InChI is InChI=1S/C17H20N2O2/c1-3-19(13-16-6-4-5-11-18-16)12-14-7-9-15(10-8-14)17(20)21-2/h4-11H,3,12-13H2,1-2H3. The maximum absolute atomic E-state index is 11.4. The summed E-state index contributed by atoms with van der Waals surface area (Å²) in [6.07, 6.45) is 1.81. The Kier molecular flexibility index (Phi) is 5.46. The molecule has 0 atom stereocenters. The van der Waals surface area contributed by atoms with Gasteiger partial charge >= 0.3 is 5.97 Å². The van der Waals surface area contributed by atoms with E-state index >= 15 is 0 Å². The van der Waals surface area contributed by atoms with E-state index in [-0.39, 0.29) is 5.97 Å². The average molecular weight is 284 g/mol. The van der Waals surface area contributed by atoms with Crippen molar-refractivity contribution in [3.63, 3.8) is 0 Å². The van der Waals surface area contributed by atoms with Gasteiger partial charge in [0.1, 0.15) is 0 Å². The quantitative estimate of drug-likeness (QED) is 0.765. The van der Waals surface area contributed by atoms with Crippen LogP contribution in [0.1, 0.15) is 28.5 Å². The SMILES string of the molecule is CCN(Cc1ccc(C(=O)OC)cc1)Cc1ccccn1. The van der Waals surface area contributed by atoms with Crippen LogP contribution in [0.15, 0.2) is 48.7 Å². The van der Waals surface area contributed by atoms with E-state index in [1.54, 1.807) is 12.1 Å². The van der Waals surface area contributed by atoms with Gasteiger partial charge in [-0.3, -0.25) is 9.88 Å². The predicted molar refractivity (Wildman–Crippen MR) is 81.8 cm³/mol. The molecule has 0 spiro atoms. The molecule has 0 aliphatic carbocycles. The van der Waals surface area contributed by atoms with E-state index in [0.29, 0.717) is 5.56 Å². The Morgan fingerprint density at radius 1 is 1.14 bits per heavy atom. The highest BCUT2D eigenvalue weighted by atomic mass is 16.5. The van der Waals surface area contributed by atoms with Crippen molar-refractivity contribution in [3.05, 3.63) is 65.5 Å². The molecule has 2 aromatic rings. The smallest absolute Gasteiger partial charge is 0.337 e. The van der Waals surface area contributed by atoms with Crippen LogP contribution in [0.5, 0.6) is 0 Å². The Morgan fingerprint density at radius 2 is 1.90 bits per heavy atom. The van der Waals surface area contributed by atoms with E-state index < -0.39 is 0 Å². The fourth-order valence-corrected chi connectivity index (χ4v) is 2.12. The normalized spacial score (nSPS) is 10.6. The lowest BCUT2D eigenvalue weighted by molar-refractivity contribution is 0.0600. The molecule has 4 nitrogen and oxygen atoms in total. The summed E-state index contributed by atoms with van der Waals surface area (Å²) in [5.74, 6) is -0.303. The lowest BCUT2D eigenvalue weighted by Crippen LogP contribution is -2.22. The van der Waals surface area contributed by atoms with E-state index in [0.717, 1.165) is 25.3 Å². The van der Waals surface area contributed by atoms with E-state index in [1.165, 1.54) is 12.7 Å². The van der Waals surface area contributed by atoms with E-state index in [4.69, 9.17) is 4.74 Å². The molecule has 0 aliphatic heterocycles. The number of carbonyl (C=O) groups excluding carboxylic acids is 1. The Hall–Kier alpha value is -2.20. The number of esters is 1. The first-order valence-electron chi connectivity index (χ1n) is 7.02. The number of ether oxygens (including phenoxy) is 1. The molecule has 0 saturated carbocycles. The van der Waals surface area contributed by atoms with E-state index in [2.05, 4.69) is 16.8 Å². The van der Waals surface area contributed by atoms with Gasteiger partial charge in [0.15, 0.2) is 0 Å². The third-order valence-corrected chi connectivity index (χ3v) is 3.34. The van der Waals surface area contributed by atoms with Crippen LogP contribution < -0.4 is 0 Å². The summed E-state index contributed by atoms with van der Waals surface area (Å²) in [5, 5.41) is 0. The molecule has 0 unspecified atom stereocenters. The number of pyridine rings is 1. The van der Waals surface area contributed by atoms with Gasteiger partial charge < -0.3 is 4.74 Å². The van der Waals surface area contributed by atoms with Crippen molar-refractivity contribution < 1.29 is 9.53 Å². The minimum atomic E-state index is -0.303. The van der Waals surface area contributed by atoms with Crippen LogP contribution in [0.3, 0.4) is 0 Å². The minimum Gasteiger partial charge on any atom is -0.465 e. The summed E-state index contributed by atoms with van der Waals surface area (Å²) in [5.41, 5.74) is 2.81. The minimum absolute atomic E-state index is 0.303. The number of hydrogen-bond donors (Lipinski definition) is 0. The van der Waals surface area contributed by atoms with Crippen molar-refractivity contribution in [1.82, 2.24) is 9.88 Å². The van der Waals surface area contributed by atoms with Crippen LogP contribution >= 0.6 is 0 Å². The van der Waals surface area contributed by atoms with Gasteiger partial charge in [0.25, 0.3) is 0 Å². The average Bonchev–Trinajstić information content (AvgIpc) is 2.55. The molecule has 1 aromatic carbocycles. The molecule has 0 radical (unpaired) electrons. The molecule has 4 heteroatoms. The zero-order valence-electron chi connectivity index (χ0n) is 12.5. The van der Waals surface area contributed by atoms with Crippen LogP contribution in [0.25, 0.3) is 0 Å². The van der Waals surface area contributed by atoms with Gasteiger partial charge in [-0.15, -0.1) is 0 Å². The fraction of sp³-hybridized carbons (Fsp3) is 0.294. The number of methoxy groups -OCH3 is 1. The molecule has 2 rings (SSSR count). The first-order chi connectivity index (χ1) is 10.2. The highest BCUT2D eigenvalue weighted by molar-refractivity contribution is 5.89. The molecule has 0 amide bonds. The second-order valence-corrected chi connectivity index (χ2v) is 4.81. The summed E-state index contributed by atoms with van der Waals surface area (Å²) in [4.78, 5) is 18.1. The first-order valence-corrected chi connectivity index (χ1v) is 7.02. The van der Waals surface area contributed by atoms with Gasteiger partial charge in [-0.25, -0.2) is 4.79 Å². The van der Waals surface area contributed by atoms with Gasteiger partial charge in [-0.2, -0.15) is 0 Å². The topological polar surface area (TPSA) is 42.4 Å². The Morgan fingerprint density at radius 3 is 2.48 bits per heavy atom. The van der Waals surface area contributed by atoms with E-state index in [9.17, 15) is 4.79 Å². The van der Waals surface area contributed by atoms with Gasteiger partial charge in [0.05, 0.1) is 18.4 Å². The molecule has 1 aromatic heterocycles. The van der Waals surface area contributed by atoms with Gasteiger partial charge in [-0.1, -0.05) is 25.1 Å². The van der Waals surface area contributed by atoms with Gasteiger partial charge in [-0.05, 0) is 36.4 Å². The molecule has 1 heterocycles. The summed E-state index contributed by atoms with van der Waals surface area (Å²) < 4.78 is 4.70. The molecule has 21 heavy (non-hydrogen) atoms. The number of rotatable bonds is 6. The summed E-state index contributed by atoms with van der Waals surface area (Å²) in [7, 11) is 1.39. The van der Waals surface area contributed by atoms with Crippen LogP contribution in [0.4, 0.5) is 0 Å². The number of carbonyl (C=O) groups is 1. The Balaban J connectivity index is 2.00. The lowest BCUT2D eigenvalue weighted by atomic mass is 10.1. The number of aromatic nitrogens is 1. The summed E-state index contributed by atoms with van der Waals surface area (Å²) in [6, 6.07) is 13.5. The van der Waals surface area contributed by atoms with Crippen LogP contribution in [-0.2, 0) is 17.8 Å². The fourth-order valence-electron chi connectivity index (χ4n) is 2.12. The Labute approximate surface area is 125 Å². The molecular formula is C17H20N2O2. The number of benzene rings is 1. The molecule has 0 N–H and O–H groups in total. The lowest BCUT2D eigenvalue weighted by Gasteiger charge is -2.20. The van der Waals surface area contributed by atoms with Crippen molar-refractivity contribution in [2.45, 2.75) is 20.0 Å². The predicted octanol–water partition coefficient (Wildman–Crippen LogP) is 2.89. The van der Waals surface area contributed by atoms with Crippen molar-refractivity contribution in [1.29, 1.82) is 0 Å². The third-order valence-electron chi connectivity index (χ3n) is 3.34. The van der Waals surface area contributed by atoms with Crippen LogP contribution in [0.2, 0.25) is 0 Å². The highest BCUT2D eigenvalue weighted by Gasteiger charge is 2.08. The molecule has 0 aliphatic rings. The maximum atomic E-state index is 11.4. The molecule has 0 bridgehead atoms. The summed E-state index contributed by atoms with van der Waals surface area (Å²) in [6.45, 7) is 4.71. The van der Waals surface area contributed by atoms with Crippen LogP contribution in [-0.4, -0.2) is 29.5 Å². The zero-order valence-corrected chi connectivity index (χ0v) is 12.5. The monoisotopic (exact) mass is 284 g/mol. The molecule has 0 fully saturated rings. The van der Waals surface area contributed by atoms with E-state index in [1.807, 2.05) is 36.5 Å². The van der Waals surface area contributed by atoms with Crippen molar-refractivity contribution >= 4 is 5.97 Å². The second-order valence-electron chi connectivity index (χ2n) is 4.81. The third kappa shape index (κ3) is 4.39.